The minimum absolute atomic E-state index is 0. The lowest BCUT2D eigenvalue weighted by molar-refractivity contribution is 0.284. The van der Waals surface area contributed by atoms with Crippen molar-refractivity contribution in [3.63, 3.8) is 0 Å². The number of nitrogens with one attached hydrogen (secondary N) is 1. The Labute approximate surface area is 192 Å². The van der Waals surface area contributed by atoms with Gasteiger partial charge in [0.15, 0.2) is 11.5 Å². The van der Waals surface area contributed by atoms with Crippen molar-refractivity contribution >= 4 is 35.6 Å². The van der Waals surface area contributed by atoms with E-state index in [1.54, 1.807) is 19.2 Å². The van der Waals surface area contributed by atoms with Gasteiger partial charge in [-0.25, -0.2) is 4.39 Å². The Morgan fingerprint density at radius 3 is 2.33 bits per heavy atom. The summed E-state index contributed by atoms with van der Waals surface area (Å²) in [6.45, 7) is 1.51. The van der Waals surface area contributed by atoms with E-state index in [1.165, 1.54) is 6.07 Å². The summed E-state index contributed by atoms with van der Waals surface area (Å²) in [6.07, 6.45) is 0.608. The quantitative estimate of drug-likeness (QED) is 0.363. The Morgan fingerprint density at radius 2 is 1.63 bits per heavy atom. The third-order valence-corrected chi connectivity index (χ3v) is 5.13. The monoisotopic (exact) mass is 469 g/mol. The predicted molar refractivity (Wildman–Crippen MR) is 123 cm³/mol. The van der Waals surface area contributed by atoms with Crippen LogP contribution >= 0.6 is 35.6 Å². The van der Waals surface area contributed by atoms with Crippen LogP contribution in [-0.4, -0.2) is 13.7 Å². The van der Waals surface area contributed by atoms with E-state index in [0.29, 0.717) is 46.6 Å². The molecule has 0 aliphatic heterocycles. The number of rotatable bonds is 9. The van der Waals surface area contributed by atoms with Gasteiger partial charge in [0, 0.05) is 17.1 Å². The average molecular weight is 471 g/mol. The molecule has 0 saturated carbocycles. The SMILES string of the molecule is COc1cc(CNCCc2ccccc2F)cc(Cl)c1OCc1ccccc1Cl.Cl. The maximum atomic E-state index is 13.7. The van der Waals surface area contributed by atoms with Crippen LogP contribution in [0, 0.1) is 5.82 Å². The molecule has 0 saturated heterocycles. The molecular weight excluding hydrogens is 448 g/mol. The van der Waals surface area contributed by atoms with E-state index >= 15 is 0 Å². The van der Waals surface area contributed by atoms with Gasteiger partial charge in [0.25, 0.3) is 0 Å². The van der Waals surface area contributed by atoms with E-state index in [0.717, 1.165) is 11.1 Å². The van der Waals surface area contributed by atoms with Crippen molar-refractivity contribution in [1.29, 1.82) is 0 Å². The highest BCUT2D eigenvalue weighted by Crippen LogP contribution is 2.37. The first-order chi connectivity index (χ1) is 14.1. The number of halogens is 4. The largest absolute Gasteiger partial charge is 0.493 e. The van der Waals surface area contributed by atoms with E-state index in [1.807, 2.05) is 42.5 Å². The molecule has 0 atom stereocenters. The van der Waals surface area contributed by atoms with Crippen molar-refractivity contribution in [2.45, 2.75) is 19.6 Å². The summed E-state index contributed by atoms with van der Waals surface area (Å²) >= 11 is 12.6. The van der Waals surface area contributed by atoms with Gasteiger partial charge >= 0.3 is 0 Å². The first-order valence-electron chi connectivity index (χ1n) is 9.25. The minimum Gasteiger partial charge on any atom is -0.493 e. The molecule has 3 aromatic rings. The maximum absolute atomic E-state index is 13.7. The van der Waals surface area contributed by atoms with Gasteiger partial charge in [-0.2, -0.15) is 0 Å². The van der Waals surface area contributed by atoms with Crippen molar-refractivity contribution in [1.82, 2.24) is 5.32 Å². The highest BCUT2D eigenvalue weighted by atomic mass is 35.5. The molecule has 0 aliphatic carbocycles. The van der Waals surface area contributed by atoms with Gasteiger partial charge in [-0.3, -0.25) is 0 Å². The van der Waals surface area contributed by atoms with Crippen LogP contribution in [0.4, 0.5) is 4.39 Å². The second-order valence-corrected chi connectivity index (χ2v) is 7.32. The van der Waals surface area contributed by atoms with Gasteiger partial charge in [-0.05, 0) is 48.4 Å². The number of ether oxygens (including phenoxy) is 2. The van der Waals surface area contributed by atoms with Crippen LogP contribution in [0.3, 0.4) is 0 Å². The van der Waals surface area contributed by atoms with Crippen LogP contribution in [0.2, 0.25) is 10.0 Å². The second-order valence-electron chi connectivity index (χ2n) is 6.51. The first kappa shape index (κ1) is 24.3. The molecule has 0 radical (unpaired) electrons. The summed E-state index contributed by atoms with van der Waals surface area (Å²) in [5, 5.41) is 4.40. The van der Waals surface area contributed by atoms with Gasteiger partial charge in [-0.1, -0.05) is 59.6 Å². The standard InChI is InChI=1S/C23H22Cl2FNO2.ClH/c1-28-22-13-16(14-27-11-10-17-6-3-5-9-21(17)26)12-20(25)23(22)29-15-18-7-2-4-8-19(18)24;/h2-9,12-13,27H,10-11,14-15H2,1H3;1H. The number of hydrogen-bond acceptors (Lipinski definition) is 3. The summed E-state index contributed by atoms with van der Waals surface area (Å²) in [6, 6.07) is 18.0. The Bertz CT molecular complexity index is 969. The van der Waals surface area contributed by atoms with E-state index < -0.39 is 0 Å². The molecule has 3 rings (SSSR count). The molecule has 0 fully saturated rings. The number of benzene rings is 3. The van der Waals surface area contributed by atoms with Crippen LogP contribution in [0.15, 0.2) is 60.7 Å². The van der Waals surface area contributed by atoms with Crippen molar-refractivity contribution in [3.8, 4) is 11.5 Å². The van der Waals surface area contributed by atoms with Crippen LogP contribution in [-0.2, 0) is 19.6 Å². The maximum Gasteiger partial charge on any atom is 0.180 e. The lowest BCUT2D eigenvalue weighted by Crippen LogP contribution is -2.17. The molecule has 3 nitrogen and oxygen atoms in total. The molecule has 0 aliphatic rings. The van der Waals surface area contributed by atoms with Crippen LogP contribution in [0.25, 0.3) is 0 Å². The Hall–Kier alpha value is -1.98. The average Bonchev–Trinajstić information content (AvgIpc) is 2.72. The van der Waals surface area contributed by atoms with Gasteiger partial charge in [-0.15, -0.1) is 12.4 Å². The lowest BCUT2D eigenvalue weighted by Gasteiger charge is -2.15. The van der Waals surface area contributed by atoms with Crippen molar-refractivity contribution in [2.75, 3.05) is 13.7 Å². The molecule has 0 amide bonds. The highest BCUT2D eigenvalue weighted by molar-refractivity contribution is 6.32. The molecule has 7 heteroatoms. The lowest BCUT2D eigenvalue weighted by atomic mass is 10.1. The van der Waals surface area contributed by atoms with Crippen LogP contribution in [0.5, 0.6) is 11.5 Å². The van der Waals surface area contributed by atoms with Crippen molar-refractivity contribution in [2.24, 2.45) is 0 Å². The van der Waals surface area contributed by atoms with E-state index in [2.05, 4.69) is 5.32 Å². The van der Waals surface area contributed by atoms with E-state index in [9.17, 15) is 4.39 Å². The molecule has 0 aromatic heterocycles. The fraction of sp³-hybridized carbons (Fsp3) is 0.217. The summed E-state index contributed by atoms with van der Waals surface area (Å²) in [5.41, 5.74) is 2.51. The molecule has 0 heterocycles. The first-order valence-corrected chi connectivity index (χ1v) is 10.0. The summed E-state index contributed by atoms with van der Waals surface area (Å²) in [5.74, 6) is 0.846. The fourth-order valence-corrected chi connectivity index (χ4v) is 3.42. The molecule has 0 bridgehead atoms. The highest BCUT2D eigenvalue weighted by Gasteiger charge is 2.13. The Morgan fingerprint density at radius 1 is 0.933 bits per heavy atom. The topological polar surface area (TPSA) is 30.5 Å². The van der Waals surface area contributed by atoms with Crippen LogP contribution < -0.4 is 14.8 Å². The summed E-state index contributed by atoms with van der Waals surface area (Å²) < 4.78 is 25.0. The predicted octanol–water partition coefficient (Wildman–Crippen LogP) is 6.47. The molecular formula is C23H23Cl3FNO2. The Balaban J connectivity index is 0.00000320. The third kappa shape index (κ3) is 6.51. The van der Waals surface area contributed by atoms with Crippen molar-refractivity contribution in [3.05, 3.63) is 93.2 Å². The number of hydrogen-bond donors (Lipinski definition) is 1. The molecule has 1 N–H and O–H groups in total. The summed E-state index contributed by atoms with van der Waals surface area (Å²) in [4.78, 5) is 0. The second kappa shape index (κ2) is 12.0. The van der Waals surface area contributed by atoms with Gasteiger partial charge in [0.1, 0.15) is 12.4 Å². The molecule has 0 unspecified atom stereocenters. The van der Waals surface area contributed by atoms with E-state index in [-0.39, 0.29) is 24.8 Å². The normalized spacial score (nSPS) is 10.4. The van der Waals surface area contributed by atoms with Crippen molar-refractivity contribution < 1.29 is 13.9 Å². The van der Waals surface area contributed by atoms with E-state index in [4.69, 9.17) is 32.7 Å². The molecule has 3 aromatic carbocycles. The Kier molecular flexibility index (Phi) is 9.73. The number of methoxy groups -OCH3 is 1. The molecule has 160 valence electrons. The van der Waals surface area contributed by atoms with Gasteiger partial charge in [0.2, 0.25) is 0 Å². The van der Waals surface area contributed by atoms with Gasteiger partial charge < -0.3 is 14.8 Å². The summed E-state index contributed by atoms with van der Waals surface area (Å²) in [7, 11) is 1.57. The fourth-order valence-electron chi connectivity index (χ4n) is 2.94. The van der Waals surface area contributed by atoms with Gasteiger partial charge in [0.05, 0.1) is 12.1 Å². The third-order valence-electron chi connectivity index (χ3n) is 4.48. The minimum atomic E-state index is -0.181. The zero-order chi connectivity index (χ0) is 20.6. The zero-order valence-corrected chi connectivity index (χ0v) is 18.8. The zero-order valence-electron chi connectivity index (χ0n) is 16.5. The molecule has 0 spiro atoms. The smallest absolute Gasteiger partial charge is 0.180 e. The van der Waals surface area contributed by atoms with Crippen LogP contribution in [0.1, 0.15) is 16.7 Å². The molecule has 30 heavy (non-hydrogen) atoms.